The molecule has 194 valence electrons. The predicted molar refractivity (Wildman–Crippen MR) is 140 cm³/mol. The summed E-state index contributed by atoms with van der Waals surface area (Å²) in [6, 6.07) is 14.8. The molecule has 0 fully saturated rings. The number of amides is 1. The lowest BCUT2D eigenvalue weighted by atomic mass is 9.84. The highest BCUT2D eigenvalue weighted by atomic mass is 16.5. The number of nitrogens with zero attached hydrogens (tertiary/aromatic N) is 1. The Hall–Kier alpha value is -3.36. The maximum absolute atomic E-state index is 13.6. The summed E-state index contributed by atoms with van der Waals surface area (Å²) in [7, 11) is 1.60. The van der Waals surface area contributed by atoms with E-state index in [2.05, 4.69) is 24.4 Å². The van der Waals surface area contributed by atoms with E-state index in [0.717, 1.165) is 30.4 Å². The zero-order valence-corrected chi connectivity index (χ0v) is 21.2. The Labute approximate surface area is 213 Å². The minimum Gasteiger partial charge on any atom is -0.497 e. The third-order valence-corrected chi connectivity index (χ3v) is 5.99. The van der Waals surface area contributed by atoms with Gasteiger partial charge in [-0.05, 0) is 48.4 Å². The van der Waals surface area contributed by atoms with Crippen molar-refractivity contribution in [2.45, 2.75) is 50.7 Å². The van der Waals surface area contributed by atoms with Gasteiger partial charge in [-0.3, -0.25) is 10.2 Å². The molecule has 0 saturated heterocycles. The maximum Gasteiger partial charge on any atom is 0.266 e. The quantitative estimate of drug-likeness (QED) is 0.195. The van der Waals surface area contributed by atoms with Gasteiger partial charge in [-0.25, -0.2) is 10.4 Å². The van der Waals surface area contributed by atoms with Gasteiger partial charge in [0.1, 0.15) is 11.5 Å². The van der Waals surface area contributed by atoms with Crippen molar-refractivity contribution in [2.75, 3.05) is 26.9 Å². The van der Waals surface area contributed by atoms with Crippen LogP contribution in [0.3, 0.4) is 0 Å². The fourth-order valence-electron chi connectivity index (χ4n) is 4.05. The van der Waals surface area contributed by atoms with E-state index in [0.29, 0.717) is 37.0 Å². The number of ether oxygens (including phenoxy) is 3. The highest BCUT2D eigenvalue weighted by Gasteiger charge is 2.52. The highest BCUT2D eigenvalue weighted by Crippen LogP contribution is 2.43. The Balaban J connectivity index is 1.92. The average molecular weight is 496 g/mol. The molecule has 0 bridgehead atoms. The maximum atomic E-state index is 13.6. The molecule has 0 radical (unpaired) electrons. The van der Waals surface area contributed by atoms with Crippen LogP contribution in [0.25, 0.3) is 0 Å². The number of carbonyl (C=O) groups excluding carboxylic acids is 1. The molecule has 3 N–H and O–H groups in total. The normalized spacial score (nSPS) is 18.8. The van der Waals surface area contributed by atoms with Gasteiger partial charge in [0, 0.05) is 31.6 Å². The first-order valence-electron chi connectivity index (χ1n) is 12.5. The summed E-state index contributed by atoms with van der Waals surface area (Å²) in [5, 5.41) is 8.95. The number of hydrogen-bond donors (Lipinski definition) is 3. The average Bonchev–Trinajstić information content (AvgIpc) is 3.30. The molecule has 2 aromatic rings. The van der Waals surface area contributed by atoms with Gasteiger partial charge in [0.05, 0.1) is 13.7 Å². The molecule has 1 amide bonds. The highest BCUT2D eigenvalue weighted by molar-refractivity contribution is 6.01. The zero-order valence-electron chi connectivity index (χ0n) is 21.2. The minimum atomic E-state index is -1.25. The second kappa shape index (κ2) is 13.7. The number of carbonyl (C=O) groups is 1. The number of unbranched alkanes of at least 4 members (excludes halogenated alkanes) is 2. The summed E-state index contributed by atoms with van der Waals surface area (Å²) in [6.45, 7) is 7.21. The molecule has 2 atom stereocenters. The topological polar surface area (TPSA) is 101 Å². The third kappa shape index (κ3) is 6.65. The van der Waals surface area contributed by atoms with Crippen LogP contribution in [0.4, 0.5) is 0 Å². The first-order chi connectivity index (χ1) is 17.6. The van der Waals surface area contributed by atoms with Crippen molar-refractivity contribution in [2.24, 2.45) is 4.99 Å². The van der Waals surface area contributed by atoms with Crippen molar-refractivity contribution in [3.8, 4) is 11.5 Å². The van der Waals surface area contributed by atoms with Gasteiger partial charge < -0.3 is 19.3 Å². The summed E-state index contributed by atoms with van der Waals surface area (Å²) >= 11 is 0. The van der Waals surface area contributed by atoms with E-state index in [4.69, 9.17) is 24.3 Å². The third-order valence-electron chi connectivity index (χ3n) is 5.99. The summed E-state index contributed by atoms with van der Waals surface area (Å²) in [5.74, 6) is 1.43. The van der Waals surface area contributed by atoms with Gasteiger partial charge in [0.2, 0.25) is 5.90 Å². The van der Waals surface area contributed by atoms with Gasteiger partial charge >= 0.3 is 0 Å². The van der Waals surface area contributed by atoms with E-state index in [-0.39, 0.29) is 18.9 Å². The van der Waals surface area contributed by atoms with Gasteiger partial charge in [0.25, 0.3) is 5.91 Å². The number of hydrazine groups is 1. The molecule has 3 rings (SSSR count). The van der Waals surface area contributed by atoms with E-state index in [1.807, 2.05) is 48.5 Å². The lowest BCUT2D eigenvalue weighted by Gasteiger charge is -2.29. The monoisotopic (exact) mass is 495 g/mol. The van der Waals surface area contributed by atoms with Crippen LogP contribution in [0.2, 0.25) is 0 Å². The number of aliphatic hydroxyl groups is 1. The Morgan fingerprint density at radius 1 is 1.19 bits per heavy atom. The molecular formula is C28H37N3O5. The lowest BCUT2D eigenvalue weighted by Crippen LogP contribution is -2.52. The number of rotatable bonds is 15. The van der Waals surface area contributed by atoms with Gasteiger partial charge in [-0.15, -0.1) is 6.58 Å². The number of benzene rings is 2. The fourth-order valence-corrected chi connectivity index (χ4v) is 4.05. The van der Waals surface area contributed by atoms with Crippen molar-refractivity contribution >= 4 is 11.8 Å². The molecular weight excluding hydrogens is 458 g/mol. The van der Waals surface area contributed by atoms with Crippen LogP contribution in [0.5, 0.6) is 11.5 Å². The number of aliphatic imine (C=N–C) groups is 1. The molecule has 8 nitrogen and oxygen atoms in total. The largest absolute Gasteiger partial charge is 0.497 e. The summed E-state index contributed by atoms with van der Waals surface area (Å²) in [5.41, 5.74) is 6.15. The van der Waals surface area contributed by atoms with Gasteiger partial charge in [-0.1, -0.05) is 38.0 Å². The van der Waals surface area contributed by atoms with Crippen LogP contribution in [0, 0.1) is 0 Å². The standard InChI is InChI=1S/C28H37N3O5/c1-4-6-7-17-29-31-27(33)28(16-5-2)25(22-10-8-11-24(20-22)34-3)36-26(30-28)21-12-14-23(15-13-21)35-19-9-18-32/h5,8,10-15,20,25,29,32H,2,4,6-7,9,16-19H2,1,3H3,(H,31,33)/t25-,28-/m0/s1. The molecule has 0 aliphatic carbocycles. The molecule has 36 heavy (non-hydrogen) atoms. The van der Waals surface area contributed by atoms with Gasteiger partial charge in [-0.2, -0.15) is 0 Å². The number of methoxy groups -OCH3 is 1. The first-order valence-corrected chi connectivity index (χ1v) is 12.5. The Morgan fingerprint density at radius 3 is 2.69 bits per heavy atom. The Kier molecular flexibility index (Phi) is 10.3. The minimum absolute atomic E-state index is 0.0787. The fraction of sp³-hybridized carbons (Fsp3) is 0.429. The molecule has 2 aromatic carbocycles. The van der Waals surface area contributed by atoms with Crippen LogP contribution in [0.1, 0.15) is 56.3 Å². The zero-order chi connectivity index (χ0) is 25.8. The number of nitrogens with one attached hydrogen (secondary N) is 2. The van der Waals surface area contributed by atoms with Gasteiger partial charge in [0.15, 0.2) is 11.6 Å². The molecule has 0 spiro atoms. The molecule has 0 unspecified atom stereocenters. The molecule has 0 saturated carbocycles. The van der Waals surface area contributed by atoms with Crippen LogP contribution < -0.4 is 20.3 Å². The van der Waals surface area contributed by atoms with E-state index >= 15 is 0 Å². The molecule has 8 heteroatoms. The Morgan fingerprint density at radius 2 is 2.00 bits per heavy atom. The molecule has 0 aromatic heterocycles. The molecule has 1 aliphatic heterocycles. The SMILES string of the molecule is C=CC[C@]1(C(=O)NNCCCCC)N=C(c2ccc(OCCCO)cc2)O[C@H]1c1cccc(OC)c1. The Bertz CT molecular complexity index is 1020. The van der Waals surface area contributed by atoms with E-state index in [9.17, 15) is 4.79 Å². The van der Waals surface area contributed by atoms with Crippen LogP contribution in [-0.2, 0) is 9.53 Å². The molecule has 1 heterocycles. The van der Waals surface area contributed by atoms with Crippen molar-refractivity contribution in [1.82, 2.24) is 10.9 Å². The lowest BCUT2D eigenvalue weighted by molar-refractivity contribution is -0.129. The van der Waals surface area contributed by atoms with Crippen LogP contribution >= 0.6 is 0 Å². The van der Waals surface area contributed by atoms with Crippen molar-refractivity contribution in [3.05, 3.63) is 72.3 Å². The van der Waals surface area contributed by atoms with E-state index in [1.54, 1.807) is 13.2 Å². The summed E-state index contributed by atoms with van der Waals surface area (Å²) in [6.07, 6.45) is 4.99. The first kappa shape index (κ1) is 27.2. The van der Waals surface area contributed by atoms with Crippen molar-refractivity contribution in [1.29, 1.82) is 0 Å². The smallest absolute Gasteiger partial charge is 0.266 e. The van der Waals surface area contributed by atoms with Crippen LogP contribution in [-0.4, -0.2) is 49.3 Å². The second-order valence-electron chi connectivity index (χ2n) is 8.65. The van der Waals surface area contributed by atoms with E-state index in [1.165, 1.54) is 0 Å². The van der Waals surface area contributed by atoms with E-state index < -0.39 is 11.6 Å². The van der Waals surface area contributed by atoms with Crippen molar-refractivity contribution < 1.29 is 24.1 Å². The summed E-state index contributed by atoms with van der Waals surface area (Å²) < 4.78 is 17.4. The predicted octanol–water partition coefficient (Wildman–Crippen LogP) is 4.10. The molecule has 1 aliphatic rings. The number of aliphatic hydroxyl groups excluding tert-OH is 1. The summed E-state index contributed by atoms with van der Waals surface area (Å²) in [4.78, 5) is 18.5. The van der Waals surface area contributed by atoms with Crippen LogP contribution in [0.15, 0.2) is 66.2 Å². The second-order valence-corrected chi connectivity index (χ2v) is 8.65. The van der Waals surface area contributed by atoms with Crippen molar-refractivity contribution in [3.63, 3.8) is 0 Å². The number of hydrogen-bond acceptors (Lipinski definition) is 7.